The zero-order valence-electron chi connectivity index (χ0n) is 8.94. The molecule has 14 heavy (non-hydrogen) atoms. The fourth-order valence-electron chi connectivity index (χ4n) is 1.91. The lowest BCUT2D eigenvalue weighted by Crippen LogP contribution is -2.51. The lowest BCUT2D eigenvalue weighted by Gasteiger charge is -2.35. The van der Waals surface area contributed by atoms with Crippen LogP contribution in [0.4, 0.5) is 0 Å². The zero-order valence-corrected chi connectivity index (χ0v) is 8.94. The smallest absolute Gasteiger partial charge is 0.239 e. The maximum absolute atomic E-state index is 11.7. The summed E-state index contributed by atoms with van der Waals surface area (Å²) in [7, 11) is 0. The number of rotatable bonds is 2. The molecule has 1 fully saturated rings. The van der Waals surface area contributed by atoms with Gasteiger partial charge in [-0.15, -0.1) is 0 Å². The molecule has 0 bridgehead atoms. The van der Waals surface area contributed by atoms with Crippen molar-refractivity contribution in [2.45, 2.75) is 38.8 Å². The number of piperidine rings is 1. The zero-order chi connectivity index (χ0) is 10.7. The number of amides is 1. The van der Waals surface area contributed by atoms with Crippen LogP contribution < -0.4 is 5.73 Å². The van der Waals surface area contributed by atoms with Gasteiger partial charge in [-0.1, -0.05) is 13.8 Å². The summed E-state index contributed by atoms with van der Waals surface area (Å²) in [5.74, 6) is 0.338. The number of hydrogen-bond donors (Lipinski definition) is 2. The molecule has 1 amide bonds. The predicted molar refractivity (Wildman–Crippen MR) is 54.6 cm³/mol. The number of carbonyl (C=O) groups excluding carboxylic acids is 1. The highest BCUT2D eigenvalue weighted by atomic mass is 16.3. The number of likely N-dealkylation sites (tertiary alicyclic amines) is 1. The normalized spacial score (nSPS) is 30.1. The molecule has 1 aliphatic heterocycles. The van der Waals surface area contributed by atoms with E-state index in [4.69, 9.17) is 5.73 Å². The van der Waals surface area contributed by atoms with Crippen LogP contribution in [0.1, 0.15) is 26.7 Å². The Kier molecular flexibility index (Phi) is 3.89. The highest BCUT2D eigenvalue weighted by Gasteiger charge is 2.28. The van der Waals surface area contributed by atoms with Gasteiger partial charge in [0.2, 0.25) is 5.91 Å². The van der Waals surface area contributed by atoms with Gasteiger partial charge in [0.05, 0.1) is 12.1 Å². The maximum Gasteiger partial charge on any atom is 0.239 e. The molecule has 82 valence electrons. The molecule has 3 atom stereocenters. The van der Waals surface area contributed by atoms with E-state index in [2.05, 4.69) is 0 Å². The third-order valence-corrected chi connectivity index (χ3v) is 2.71. The van der Waals surface area contributed by atoms with Crippen molar-refractivity contribution < 1.29 is 9.90 Å². The summed E-state index contributed by atoms with van der Waals surface area (Å²) in [6.45, 7) is 5.10. The summed E-state index contributed by atoms with van der Waals surface area (Å²) in [5.41, 5.74) is 5.67. The monoisotopic (exact) mass is 200 g/mol. The van der Waals surface area contributed by atoms with Crippen LogP contribution >= 0.6 is 0 Å². The molecular formula is C10H20N2O2. The molecule has 0 saturated carbocycles. The Labute approximate surface area is 85.1 Å². The minimum absolute atomic E-state index is 0.0295. The topological polar surface area (TPSA) is 66.6 Å². The summed E-state index contributed by atoms with van der Waals surface area (Å²) >= 11 is 0. The molecule has 1 aliphatic rings. The lowest BCUT2D eigenvalue weighted by molar-refractivity contribution is -0.136. The third kappa shape index (κ3) is 2.69. The van der Waals surface area contributed by atoms with E-state index in [0.29, 0.717) is 18.9 Å². The molecule has 0 radical (unpaired) electrons. The molecule has 0 spiro atoms. The van der Waals surface area contributed by atoms with Crippen molar-refractivity contribution in [2.75, 3.05) is 13.1 Å². The average Bonchev–Trinajstić information content (AvgIpc) is 2.14. The minimum atomic E-state index is -0.410. The number of carbonyl (C=O) groups is 1. The second-order valence-electron chi connectivity index (χ2n) is 4.25. The van der Waals surface area contributed by atoms with Gasteiger partial charge >= 0.3 is 0 Å². The molecular weight excluding hydrogens is 180 g/mol. The van der Waals surface area contributed by atoms with Crippen LogP contribution in [0.5, 0.6) is 0 Å². The first-order valence-electron chi connectivity index (χ1n) is 5.27. The Morgan fingerprint density at radius 1 is 1.64 bits per heavy atom. The largest absolute Gasteiger partial charge is 0.391 e. The van der Waals surface area contributed by atoms with E-state index in [-0.39, 0.29) is 12.0 Å². The molecule has 2 unspecified atom stereocenters. The van der Waals surface area contributed by atoms with Crippen LogP contribution in [0.3, 0.4) is 0 Å². The van der Waals surface area contributed by atoms with Gasteiger partial charge in [0.1, 0.15) is 0 Å². The van der Waals surface area contributed by atoms with E-state index >= 15 is 0 Å². The summed E-state index contributed by atoms with van der Waals surface area (Å²) in [5, 5.41) is 9.52. The molecule has 0 aromatic rings. The molecule has 1 rings (SSSR count). The first-order chi connectivity index (χ1) is 6.54. The molecule has 1 saturated heterocycles. The van der Waals surface area contributed by atoms with Crippen LogP contribution in [0.25, 0.3) is 0 Å². The van der Waals surface area contributed by atoms with E-state index in [1.165, 1.54) is 0 Å². The highest BCUT2D eigenvalue weighted by molar-refractivity contribution is 5.81. The standard InChI is InChI=1S/C10H20N2O2/c1-3-9(11)10(14)12-5-7(2)4-8(13)6-12/h7-9,13H,3-6,11H2,1-2H3/t7?,8?,9-/m0/s1. The highest BCUT2D eigenvalue weighted by Crippen LogP contribution is 2.16. The molecule has 4 heteroatoms. The summed E-state index contributed by atoms with van der Waals surface area (Å²) in [4.78, 5) is 13.4. The molecule has 4 nitrogen and oxygen atoms in total. The number of β-amino-alcohol motifs (C(OH)–C–C–N with tert-alkyl or cyclic N) is 1. The van der Waals surface area contributed by atoms with Crippen LogP contribution in [0.15, 0.2) is 0 Å². The molecule has 0 aromatic carbocycles. The Balaban J connectivity index is 2.54. The number of aliphatic hydroxyl groups excluding tert-OH is 1. The van der Waals surface area contributed by atoms with Gasteiger partial charge in [-0.3, -0.25) is 4.79 Å². The Hall–Kier alpha value is -0.610. The second kappa shape index (κ2) is 4.75. The number of nitrogens with two attached hydrogens (primary N) is 1. The summed E-state index contributed by atoms with van der Waals surface area (Å²) < 4.78 is 0. The summed E-state index contributed by atoms with van der Waals surface area (Å²) in [6, 6.07) is -0.410. The Morgan fingerprint density at radius 2 is 2.29 bits per heavy atom. The van der Waals surface area contributed by atoms with Gasteiger partial charge in [-0.05, 0) is 18.8 Å². The van der Waals surface area contributed by atoms with Gasteiger partial charge < -0.3 is 15.7 Å². The second-order valence-corrected chi connectivity index (χ2v) is 4.25. The number of nitrogens with zero attached hydrogens (tertiary/aromatic N) is 1. The van der Waals surface area contributed by atoms with E-state index in [1.54, 1.807) is 4.90 Å². The summed E-state index contributed by atoms with van der Waals surface area (Å²) in [6.07, 6.45) is 1.05. The van der Waals surface area contributed by atoms with Gasteiger partial charge in [0, 0.05) is 13.1 Å². The molecule has 3 N–H and O–H groups in total. The van der Waals surface area contributed by atoms with Gasteiger partial charge in [0.25, 0.3) is 0 Å². The maximum atomic E-state index is 11.7. The lowest BCUT2D eigenvalue weighted by atomic mass is 9.97. The predicted octanol–water partition coefficient (Wildman–Crippen LogP) is -0.0470. The van der Waals surface area contributed by atoms with Crippen molar-refractivity contribution in [3.8, 4) is 0 Å². The van der Waals surface area contributed by atoms with Crippen LogP contribution in [0.2, 0.25) is 0 Å². The first-order valence-corrected chi connectivity index (χ1v) is 5.27. The van der Waals surface area contributed by atoms with Gasteiger partial charge in [-0.2, -0.15) is 0 Å². The number of aliphatic hydroxyl groups is 1. The van der Waals surface area contributed by atoms with Crippen molar-refractivity contribution in [3.05, 3.63) is 0 Å². The molecule has 0 aliphatic carbocycles. The van der Waals surface area contributed by atoms with Crippen LogP contribution in [-0.2, 0) is 4.79 Å². The minimum Gasteiger partial charge on any atom is -0.391 e. The van der Waals surface area contributed by atoms with E-state index < -0.39 is 6.04 Å². The Bertz CT molecular complexity index is 198. The van der Waals surface area contributed by atoms with Crippen molar-refractivity contribution in [3.63, 3.8) is 0 Å². The van der Waals surface area contributed by atoms with Crippen LogP contribution in [-0.4, -0.2) is 41.1 Å². The van der Waals surface area contributed by atoms with E-state index in [1.807, 2.05) is 13.8 Å². The Morgan fingerprint density at radius 3 is 2.79 bits per heavy atom. The third-order valence-electron chi connectivity index (χ3n) is 2.71. The number of hydrogen-bond acceptors (Lipinski definition) is 3. The van der Waals surface area contributed by atoms with Crippen LogP contribution in [0, 0.1) is 5.92 Å². The van der Waals surface area contributed by atoms with Gasteiger partial charge in [-0.25, -0.2) is 0 Å². The molecule has 0 aromatic heterocycles. The average molecular weight is 200 g/mol. The van der Waals surface area contributed by atoms with Crippen molar-refractivity contribution >= 4 is 5.91 Å². The first kappa shape index (κ1) is 11.5. The van der Waals surface area contributed by atoms with E-state index in [0.717, 1.165) is 13.0 Å². The van der Waals surface area contributed by atoms with E-state index in [9.17, 15) is 9.90 Å². The fraction of sp³-hybridized carbons (Fsp3) is 0.900. The van der Waals surface area contributed by atoms with Crippen molar-refractivity contribution in [1.29, 1.82) is 0 Å². The van der Waals surface area contributed by atoms with Crippen molar-refractivity contribution in [2.24, 2.45) is 11.7 Å². The SMILES string of the molecule is CC[C@H](N)C(=O)N1CC(C)CC(O)C1. The fourth-order valence-corrected chi connectivity index (χ4v) is 1.91. The quantitative estimate of drug-likeness (QED) is 0.657. The molecule has 1 heterocycles. The van der Waals surface area contributed by atoms with Crippen molar-refractivity contribution in [1.82, 2.24) is 4.90 Å². The van der Waals surface area contributed by atoms with Gasteiger partial charge in [0.15, 0.2) is 0 Å².